The zero-order valence-corrected chi connectivity index (χ0v) is 60.0. The number of hydrogen-bond donors (Lipinski definition) is 0. The fraction of sp³-hybridized carbons (Fsp3) is 0.650. The Bertz CT molecular complexity index is 2810. The number of unbranched alkanes of at least 4 members (excludes halogenated alkanes) is 32. The van der Waals surface area contributed by atoms with E-state index in [2.05, 4.69) is 116 Å². The second-order valence-electron chi connectivity index (χ2n) is 27.1. The number of amides is 2. The quantitative estimate of drug-likeness (QED) is 0.0412. The zero-order valence-electron chi connectivity index (χ0n) is 56.7. The predicted molar refractivity (Wildman–Crippen MR) is 396 cm³/mol. The number of hydrogen-bond acceptors (Lipinski definition) is 8. The molecule has 6 heterocycles. The molecule has 0 radical (unpaired) electrons. The molecular weight excluding hydrogens is 1180 g/mol. The molecule has 8 rings (SSSR count). The van der Waals surface area contributed by atoms with Crippen LogP contribution in [0.15, 0.2) is 112 Å². The molecule has 4 aliphatic rings. The highest BCUT2D eigenvalue weighted by Crippen LogP contribution is 2.52. The van der Waals surface area contributed by atoms with Crippen molar-refractivity contribution in [2.75, 3.05) is 19.6 Å². The number of rotatable bonds is 50. The van der Waals surface area contributed by atoms with Crippen LogP contribution >= 0.6 is 46.2 Å². The predicted octanol–water partition coefficient (Wildman–Crippen LogP) is 25.4. The highest BCUT2D eigenvalue weighted by atomic mass is 32.2. The van der Waals surface area contributed by atoms with Gasteiger partial charge in [-0.05, 0) is 67.2 Å². The van der Waals surface area contributed by atoms with Crippen LogP contribution in [-0.4, -0.2) is 56.5 Å². The lowest BCUT2D eigenvalue weighted by atomic mass is 9.93. The molecular formula is C80H118N4O2S4. The van der Waals surface area contributed by atoms with Gasteiger partial charge >= 0.3 is 0 Å². The molecule has 6 nitrogen and oxygen atoms in total. The van der Waals surface area contributed by atoms with Gasteiger partial charge in [-0.15, -0.1) is 34.4 Å². The van der Waals surface area contributed by atoms with Crippen molar-refractivity contribution in [1.82, 2.24) is 14.8 Å². The van der Waals surface area contributed by atoms with Gasteiger partial charge < -0.3 is 9.80 Å². The summed E-state index contributed by atoms with van der Waals surface area (Å²) in [5.41, 5.74) is 5.64. The van der Waals surface area contributed by atoms with E-state index >= 15 is 9.59 Å². The fourth-order valence-electron chi connectivity index (χ4n) is 14.3. The number of thiazole rings is 1. The van der Waals surface area contributed by atoms with Crippen molar-refractivity contribution in [3.63, 3.8) is 0 Å². The van der Waals surface area contributed by atoms with Gasteiger partial charge in [0.05, 0.1) is 44.1 Å². The first-order chi connectivity index (χ1) is 44.4. The van der Waals surface area contributed by atoms with Crippen LogP contribution < -0.4 is 0 Å². The lowest BCUT2D eigenvalue weighted by Crippen LogP contribution is -2.38. The SMILES string of the molecule is CCCCCCCCCCCCC(CCCCCCCCCC)CN1C(=O)C2=C(C3CN=C(C4=CCC(c5ccccc5)S4)S3)N(CC(CCCCCCCCCC)CCCCCCCCCCCC)C(=O)C2=C1c1cnc(-c2ccc(-c3ccccc3)s2)s1. The monoisotopic (exact) mass is 1290 g/mol. The molecule has 4 aromatic rings. The van der Waals surface area contributed by atoms with Crippen molar-refractivity contribution in [3.05, 3.63) is 117 Å². The Morgan fingerprint density at radius 3 is 1.37 bits per heavy atom. The molecule has 4 aliphatic heterocycles. The molecule has 2 aromatic carbocycles. The number of allylic oxidation sites excluding steroid dienone is 1. The maximum atomic E-state index is 16.3. The molecule has 494 valence electrons. The van der Waals surface area contributed by atoms with E-state index in [0.717, 1.165) is 63.3 Å². The standard InChI is InChI=1S/C80H118N4O2S4/c1-5-9-13-17-21-25-27-31-35-41-49-63(47-39-33-29-23-19-15-11-7-3)61-83-75(71-59-81-77(89-71)69-57-55-67(87-69)65-51-43-37-44-52-65)73-74(79(83)85)76(72-60-82-78(90-72)70-58-56-68(88-70)66-53-45-38-46-54-66)84(80(73)86)62-64(48-40-34-30-24-20-16-12-8-4)50-42-36-32-28-26-22-18-14-10-6-2/h37-38,43-46,51-55,57-59,63-64,68,72H,5-36,39-42,47-50,56,60-62H2,1-4H3. The van der Waals surface area contributed by atoms with Gasteiger partial charge in [0.25, 0.3) is 11.8 Å². The Morgan fingerprint density at radius 1 is 0.444 bits per heavy atom. The van der Waals surface area contributed by atoms with Crippen LogP contribution in [0.2, 0.25) is 0 Å². The maximum absolute atomic E-state index is 16.3. The molecule has 0 saturated carbocycles. The summed E-state index contributed by atoms with van der Waals surface area (Å²) in [5.74, 6) is 0.787. The third-order valence-electron chi connectivity index (χ3n) is 19.7. The van der Waals surface area contributed by atoms with Crippen molar-refractivity contribution >= 4 is 68.8 Å². The van der Waals surface area contributed by atoms with Crippen molar-refractivity contribution in [1.29, 1.82) is 0 Å². The van der Waals surface area contributed by atoms with E-state index in [9.17, 15) is 0 Å². The number of carbonyl (C=O) groups excluding carboxylic acids is 2. The van der Waals surface area contributed by atoms with Crippen LogP contribution in [-0.2, 0) is 9.59 Å². The number of fused-ring (bicyclic) bond motifs is 1. The molecule has 2 amide bonds. The summed E-state index contributed by atoms with van der Waals surface area (Å²) in [4.78, 5) is 52.1. The van der Waals surface area contributed by atoms with E-state index in [1.54, 1.807) is 22.7 Å². The second kappa shape index (κ2) is 41.9. The van der Waals surface area contributed by atoms with E-state index in [0.29, 0.717) is 47.9 Å². The summed E-state index contributed by atoms with van der Waals surface area (Å²) >= 11 is 7.20. The summed E-state index contributed by atoms with van der Waals surface area (Å²) in [5, 5.41) is 2.26. The molecule has 0 saturated heterocycles. The van der Waals surface area contributed by atoms with Gasteiger partial charge in [-0.1, -0.05) is 337 Å². The average Bonchev–Trinajstić information content (AvgIpc) is 1.57. The second-order valence-corrected chi connectivity index (χ2v) is 31.7. The van der Waals surface area contributed by atoms with Gasteiger partial charge in [-0.25, -0.2) is 4.98 Å². The minimum Gasteiger partial charge on any atom is -0.310 e. The van der Waals surface area contributed by atoms with Crippen LogP contribution in [0.5, 0.6) is 0 Å². The summed E-state index contributed by atoms with van der Waals surface area (Å²) < 4.78 is 0. The molecule has 0 spiro atoms. The normalized spacial score (nSPS) is 17.4. The average molecular weight is 1300 g/mol. The smallest absolute Gasteiger partial charge is 0.261 e. The first kappa shape index (κ1) is 72.1. The number of carbonyl (C=O) groups is 2. The number of thiophene rings is 1. The number of benzene rings is 2. The lowest BCUT2D eigenvalue weighted by Gasteiger charge is -2.31. The van der Waals surface area contributed by atoms with Gasteiger partial charge in [0.2, 0.25) is 0 Å². The minimum atomic E-state index is -0.126. The molecule has 2 aromatic heterocycles. The highest BCUT2D eigenvalue weighted by Gasteiger charge is 2.52. The molecule has 0 fully saturated rings. The van der Waals surface area contributed by atoms with Crippen molar-refractivity contribution in [2.24, 2.45) is 16.8 Å². The Kier molecular flexibility index (Phi) is 33.6. The largest absolute Gasteiger partial charge is 0.310 e. The summed E-state index contributed by atoms with van der Waals surface area (Å²) in [6, 6.07) is 26.0. The summed E-state index contributed by atoms with van der Waals surface area (Å²) in [6.07, 6.45) is 56.9. The number of aliphatic imine (C=N–C) groups is 1. The number of nitrogens with zero attached hydrogens (tertiary/aromatic N) is 4. The number of aromatic nitrogens is 1. The van der Waals surface area contributed by atoms with E-state index < -0.39 is 0 Å². The van der Waals surface area contributed by atoms with E-state index in [4.69, 9.17) is 9.98 Å². The fourth-order valence-corrected chi connectivity index (χ4v) is 19.0. The summed E-state index contributed by atoms with van der Waals surface area (Å²) in [6.45, 7) is 11.1. The molecule has 4 unspecified atom stereocenters. The van der Waals surface area contributed by atoms with Crippen molar-refractivity contribution in [2.45, 2.75) is 301 Å². The van der Waals surface area contributed by atoms with Gasteiger partial charge in [-0.3, -0.25) is 14.6 Å². The molecule has 90 heavy (non-hydrogen) atoms. The molecule has 0 aliphatic carbocycles. The first-order valence-corrected chi connectivity index (χ1v) is 40.7. The van der Waals surface area contributed by atoms with E-state index in [1.807, 2.05) is 29.7 Å². The summed E-state index contributed by atoms with van der Waals surface area (Å²) in [7, 11) is 0. The lowest BCUT2D eigenvalue weighted by molar-refractivity contribution is -0.125. The Labute approximate surface area is 564 Å². The van der Waals surface area contributed by atoms with E-state index in [-0.39, 0.29) is 17.1 Å². The van der Waals surface area contributed by atoms with Crippen molar-refractivity contribution in [3.8, 4) is 20.3 Å². The van der Waals surface area contributed by atoms with Gasteiger partial charge in [0, 0.05) is 34.3 Å². The van der Waals surface area contributed by atoms with Crippen LogP contribution in [0.25, 0.3) is 26.0 Å². The van der Waals surface area contributed by atoms with Gasteiger partial charge in [0.15, 0.2) is 0 Å². The Morgan fingerprint density at radius 2 is 0.878 bits per heavy atom. The Balaban J connectivity index is 1.11. The van der Waals surface area contributed by atoms with E-state index in [1.165, 1.54) is 252 Å². The maximum Gasteiger partial charge on any atom is 0.261 e. The van der Waals surface area contributed by atoms with Crippen molar-refractivity contribution < 1.29 is 9.59 Å². The zero-order chi connectivity index (χ0) is 62.8. The van der Waals surface area contributed by atoms with Crippen LogP contribution in [0.1, 0.15) is 307 Å². The molecule has 10 heteroatoms. The Hall–Kier alpha value is -3.70. The highest BCUT2D eigenvalue weighted by molar-refractivity contribution is 8.18. The minimum absolute atomic E-state index is 0.0363. The molecule has 0 N–H and O–H groups in total. The van der Waals surface area contributed by atoms with Crippen LogP contribution in [0.3, 0.4) is 0 Å². The number of thioether (sulfide) groups is 2. The molecule has 0 bridgehead atoms. The van der Waals surface area contributed by atoms with Crippen LogP contribution in [0, 0.1) is 11.8 Å². The third-order valence-corrected chi connectivity index (χ3v) is 24.7. The van der Waals surface area contributed by atoms with Gasteiger partial charge in [0.1, 0.15) is 10.1 Å². The van der Waals surface area contributed by atoms with Gasteiger partial charge in [-0.2, -0.15) is 0 Å². The topological polar surface area (TPSA) is 65.9 Å². The first-order valence-electron chi connectivity index (χ1n) is 37.3. The third kappa shape index (κ3) is 22.8. The molecule has 4 atom stereocenters. The van der Waals surface area contributed by atoms with Crippen LogP contribution in [0.4, 0.5) is 0 Å².